The quantitative estimate of drug-likeness (QED) is 0.154. The molecule has 9 heteroatoms. The number of nitrogens with one attached hydrogen (secondary N) is 4. The van der Waals surface area contributed by atoms with Crippen LogP contribution in [0.4, 0.5) is 23.3 Å². The van der Waals surface area contributed by atoms with Gasteiger partial charge >= 0.3 is 0 Å². The summed E-state index contributed by atoms with van der Waals surface area (Å²) >= 11 is 3.75. The topological polar surface area (TPSA) is 113 Å². The van der Waals surface area contributed by atoms with Crippen LogP contribution in [-0.2, 0) is 0 Å². The van der Waals surface area contributed by atoms with Crippen molar-refractivity contribution in [3.63, 3.8) is 0 Å². The minimum Gasteiger partial charge on any atom is -0.324 e. The molecular formula is C32H19BrN8. The molecule has 8 aromatic rings. The minimum absolute atomic E-state index is 0.699. The second kappa shape index (κ2) is 8.36. The van der Waals surface area contributed by atoms with Crippen LogP contribution in [0.15, 0.2) is 115 Å². The third kappa shape index (κ3) is 3.33. The molecule has 0 aliphatic carbocycles. The van der Waals surface area contributed by atoms with Crippen molar-refractivity contribution in [1.29, 1.82) is 0 Å². The predicted molar refractivity (Wildman–Crippen MR) is 164 cm³/mol. The molecule has 0 atom stereocenters. The van der Waals surface area contributed by atoms with Crippen molar-refractivity contribution in [2.45, 2.75) is 0 Å². The van der Waals surface area contributed by atoms with Gasteiger partial charge in [0.05, 0.1) is 0 Å². The summed E-state index contributed by atoms with van der Waals surface area (Å²) in [7, 11) is 0. The number of halogens is 1. The summed E-state index contributed by atoms with van der Waals surface area (Å²) in [6.45, 7) is 0. The van der Waals surface area contributed by atoms with Crippen LogP contribution in [0, 0.1) is 0 Å². The molecule has 5 heterocycles. The van der Waals surface area contributed by atoms with Crippen LogP contribution in [0.3, 0.4) is 0 Å². The molecule has 0 fully saturated rings. The number of fused-ring (bicyclic) bond motifs is 20. The van der Waals surface area contributed by atoms with Crippen molar-refractivity contribution in [2.24, 2.45) is 20.0 Å². The molecule has 4 aromatic carbocycles. The minimum atomic E-state index is 0.699. The summed E-state index contributed by atoms with van der Waals surface area (Å²) in [5.41, 5.74) is 2.87. The van der Waals surface area contributed by atoms with Gasteiger partial charge in [0.1, 0.15) is 45.2 Å². The van der Waals surface area contributed by atoms with Gasteiger partial charge in [-0.1, -0.05) is 101 Å². The second-order valence-corrected chi connectivity index (χ2v) is 10.9. The van der Waals surface area contributed by atoms with E-state index in [-0.39, 0.29) is 0 Å². The fourth-order valence-electron chi connectivity index (χ4n) is 5.78. The molecule has 4 N–H and O–H groups in total. The average molecular weight is 595 g/mol. The average Bonchev–Trinajstić information content (AvgIpc) is 3.73. The first kappa shape index (κ1) is 22.5. The summed E-state index contributed by atoms with van der Waals surface area (Å²) in [6.07, 6.45) is 0. The molecule has 4 aromatic heterocycles. The summed E-state index contributed by atoms with van der Waals surface area (Å²) < 4.78 is 0.933. The molecule has 41 heavy (non-hydrogen) atoms. The maximum atomic E-state index is 5.11. The Morgan fingerprint density at radius 3 is 1.22 bits per heavy atom. The third-order valence-electron chi connectivity index (χ3n) is 7.66. The van der Waals surface area contributed by atoms with Crippen molar-refractivity contribution in [3.8, 4) is 0 Å². The van der Waals surface area contributed by atoms with Crippen LogP contribution in [0.1, 0.15) is 0 Å². The Labute approximate surface area is 239 Å². The number of benzene rings is 4. The van der Waals surface area contributed by atoms with Gasteiger partial charge in [0.25, 0.3) is 0 Å². The molecule has 9 rings (SSSR count). The van der Waals surface area contributed by atoms with E-state index in [1.54, 1.807) is 0 Å². The van der Waals surface area contributed by atoms with Gasteiger partial charge in [-0.3, -0.25) is 0 Å². The number of hydrogen-bond acceptors (Lipinski definition) is 4. The van der Waals surface area contributed by atoms with Gasteiger partial charge in [-0.15, -0.1) is 0 Å². The van der Waals surface area contributed by atoms with E-state index in [9.17, 15) is 0 Å². The van der Waals surface area contributed by atoms with E-state index < -0.39 is 0 Å². The molecule has 0 saturated heterocycles. The molecule has 1 aliphatic heterocycles. The van der Waals surface area contributed by atoms with Gasteiger partial charge in [-0.25, -0.2) is 20.0 Å². The monoisotopic (exact) mass is 594 g/mol. The summed E-state index contributed by atoms with van der Waals surface area (Å²) in [5.74, 6) is 2.85. The number of H-pyrrole nitrogens is 4. The molecule has 194 valence electrons. The smallest absolute Gasteiger partial charge is 0.143 e. The lowest BCUT2D eigenvalue weighted by molar-refractivity contribution is 1.08. The Morgan fingerprint density at radius 2 is 0.732 bits per heavy atom. The van der Waals surface area contributed by atoms with Gasteiger partial charge in [-0.2, -0.15) is 0 Å². The van der Waals surface area contributed by atoms with E-state index in [0.717, 1.165) is 75.7 Å². The van der Waals surface area contributed by atoms with Gasteiger partial charge in [0.15, 0.2) is 0 Å². The zero-order chi connectivity index (χ0) is 27.1. The Morgan fingerprint density at radius 1 is 0.366 bits per heavy atom. The van der Waals surface area contributed by atoms with Crippen molar-refractivity contribution in [3.05, 3.63) is 117 Å². The summed E-state index contributed by atoms with van der Waals surface area (Å²) in [4.78, 5) is 34.3. The highest BCUT2D eigenvalue weighted by Gasteiger charge is 2.15. The SMILES string of the molecule is Brc1cccc2c3[nH]c(c12)N=c1[nH]c(c2ccccc12)=Nc1[nH]c(c2ccccc12)N=c1[nH]c(c2ccccc12)=N3. The van der Waals surface area contributed by atoms with Crippen LogP contribution < -0.4 is 22.0 Å². The van der Waals surface area contributed by atoms with Crippen LogP contribution >= 0.6 is 15.9 Å². The lowest BCUT2D eigenvalue weighted by Gasteiger charge is -1.95. The number of hydrogen-bond donors (Lipinski definition) is 4. The molecule has 0 unspecified atom stereocenters. The van der Waals surface area contributed by atoms with E-state index in [2.05, 4.69) is 78.3 Å². The Bertz CT molecular complexity index is 2610. The second-order valence-electron chi connectivity index (χ2n) is 10.0. The van der Waals surface area contributed by atoms with E-state index in [0.29, 0.717) is 17.1 Å². The van der Waals surface area contributed by atoms with Gasteiger partial charge in [0, 0.05) is 47.6 Å². The molecule has 0 saturated carbocycles. The first-order chi connectivity index (χ1) is 20.2. The first-order valence-corrected chi connectivity index (χ1v) is 14.0. The Hall–Kier alpha value is -5.28. The van der Waals surface area contributed by atoms with Crippen molar-refractivity contribution in [2.75, 3.05) is 0 Å². The Kier molecular flexibility index (Phi) is 4.59. The highest BCUT2D eigenvalue weighted by atomic mass is 79.9. The van der Waals surface area contributed by atoms with E-state index in [4.69, 9.17) is 20.0 Å². The number of nitrogens with zero attached hydrogens (tertiary/aromatic N) is 4. The summed E-state index contributed by atoms with van der Waals surface area (Å²) in [5, 5.41) is 7.79. The van der Waals surface area contributed by atoms with Crippen LogP contribution in [0.2, 0.25) is 0 Å². The van der Waals surface area contributed by atoms with E-state index in [1.165, 1.54) is 0 Å². The van der Waals surface area contributed by atoms with Gasteiger partial charge in [-0.05, 0) is 6.07 Å². The van der Waals surface area contributed by atoms with E-state index >= 15 is 0 Å². The molecule has 8 bridgehead atoms. The Balaban J connectivity index is 1.52. The van der Waals surface area contributed by atoms with Crippen molar-refractivity contribution in [1.82, 2.24) is 19.9 Å². The molecule has 0 radical (unpaired) electrons. The fraction of sp³-hybridized carbons (Fsp3) is 0. The van der Waals surface area contributed by atoms with Gasteiger partial charge < -0.3 is 19.9 Å². The normalized spacial score (nSPS) is 12.8. The molecule has 8 nitrogen and oxygen atoms in total. The van der Waals surface area contributed by atoms with Crippen LogP contribution in [0.25, 0.3) is 43.1 Å². The summed E-state index contributed by atoms with van der Waals surface area (Å²) in [6, 6.07) is 30.5. The maximum Gasteiger partial charge on any atom is 0.143 e. The van der Waals surface area contributed by atoms with E-state index in [1.807, 2.05) is 48.5 Å². The van der Waals surface area contributed by atoms with Crippen molar-refractivity contribution >= 4 is 82.3 Å². The zero-order valence-corrected chi connectivity index (χ0v) is 22.9. The van der Waals surface area contributed by atoms with Gasteiger partial charge in [0.2, 0.25) is 0 Å². The number of rotatable bonds is 0. The molecular weight excluding hydrogens is 576 g/mol. The number of aromatic amines is 4. The number of aromatic nitrogens is 4. The predicted octanol–water partition coefficient (Wildman–Crippen LogP) is 6.49. The maximum absolute atomic E-state index is 5.11. The highest BCUT2D eigenvalue weighted by Crippen LogP contribution is 2.38. The lowest BCUT2D eigenvalue weighted by atomic mass is 10.2. The third-order valence-corrected chi connectivity index (χ3v) is 8.32. The largest absolute Gasteiger partial charge is 0.324 e. The highest BCUT2D eigenvalue weighted by molar-refractivity contribution is 9.10. The zero-order valence-electron chi connectivity index (χ0n) is 21.3. The van der Waals surface area contributed by atoms with Crippen LogP contribution in [0.5, 0.6) is 0 Å². The molecule has 1 aliphatic rings. The first-order valence-electron chi connectivity index (χ1n) is 13.2. The van der Waals surface area contributed by atoms with Crippen LogP contribution in [-0.4, -0.2) is 19.9 Å². The fourth-order valence-corrected chi connectivity index (χ4v) is 6.34. The molecule has 0 spiro atoms. The molecule has 0 amide bonds. The van der Waals surface area contributed by atoms with Crippen molar-refractivity contribution < 1.29 is 0 Å². The lowest BCUT2D eigenvalue weighted by Crippen LogP contribution is -2.10. The standard InChI is InChI=1S/C32H19BrN8/c33-23-15-7-14-22-24(23)32-40-30-21-13-6-5-12-20(21)28(38-30)36-26-17-9-2-1-8-16(17)25(34-26)35-27-18-10-3-4-11-19(18)29(37-27)39-31(22)41-32/h1-15H,(H4,34,35,36,37,38,39,40,41).